The van der Waals surface area contributed by atoms with E-state index in [1.54, 1.807) is 30.1 Å². The van der Waals surface area contributed by atoms with Gasteiger partial charge in [-0.1, -0.05) is 12.8 Å². The molecule has 2 atom stereocenters. The molecule has 6 nitrogen and oxygen atoms in total. The molecule has 24 heavy (non-hydrogen) atoms. The van der Waals surface area contributed by atoms with Crippen molar-refractivity contribution in [3.05, 3.63) is 23.8 Å². The number of carbonyl (C=O) groups is 1. The molecule has 0 bridgehead atoms. The van der Waals surface area contributed by atoms with E-state index in [1.165, 1.54) is 11.2 Å². The number of aliphatic hydroxyl groups is 1. The van der Waals surface area contributed by atoms with E-state index in [0.29, 0.717) is 25.8 Å². The number of hydrogen-bond acceptors (Lipinski definition) is 4. The highest BCUT2D eigenvalue weighted by Gasteiger charge is 2.35. The average Bonchev–Trinajstić information content (AvgIpc) is 2.98. The van der Waals surface area contributed by atoms with Gasteiger partial charge in [-0.2, -0.15) is 4.31 Å². The van der Waals surface area contributed by atoms with Crippen LogP contribution in [0.1, 0.15) is 38.2 Å². The molecule has 0 saturated heterocycles. The Labute approximate surface area is 143 Å². The summed E-state index contributed by atoms with van der Waals surface area (Å²) in [5, 5.41) is 10.2. The third kappa shape index (κ3) is 2.96. The van der Waals surface area contributed by atoms with Crippen LogP contribution in [0.4, 0.5) is 5.69 Å². The van der Waals surface area contributed by atoms with E-state index in [4.69, 9.17) is 0 Å². The normalized spacial score (nSPS) is 24.2. The minimum atomic E-state index is -3.66. The molecule has 1 aromatic carbocycles. The monoisotopic (exact) mass is 352 g/mol. The van der Waals surface area contributed by atoms with Crippen LogP contribution in [-0.4, -0.2) is 49.5 Å². The summed E-state index contributed by atoms with van der Waals surface area (Å²) in [6, 6.07) is 4.56. The van der Waals surface area contributed by atoms with Crippen molar-refractivity contribution in [1.29, 1.82) is 0 Å². The van der Waals surface area contributed by atoms with Crippen molar-refractivity contribution in [2.75, 3.05) is 18.5 Å². The van der Waals surface area contributed by atoms with Crippen LogP contribution in [0, 0.1) is 0 Å². The van der Waals surface area contributed by atoms with Crippen molar-refractivity contribution >= 4 is 21.6 Å². The van der Waals surface area contributed by atoms with E-state index in [9.17, 15) is 18.3 Å². The predicted octanol–water partition coefficient (Wildman–Crippen LogP) is 1.52. The number of amides is 1. The molecular weight excluding hydrogens is 328 g/mol. The Balaban J connectivity index is 1.89. The Morgan fingerprint density at radius 2 is 2.00 bits per heavy atom. The highest BCUT2D eigenvalue weighted by molar-refractivity contribution is 7.89. The first-order valence-corrected chi connectivity index (χ1v) is 9.83. The van der Waals surface area contributed by atoms with Gasteiger partial charge in [-0.05, 0) is 43.0 Å². The summed E-state index contributed by atoms with van der Waals surface area (Å²) in [7, 11) is -2.12. The molecule has 2 unspecified atom stereocenters. The number of carbonyl (C=O) groups excluding carboxylic acids is 1. The average molecular weight is 352 g/mol. The van der Waals surface area contributed by atoms with Crippen molar-refractivity contribution in [1.82, 2.24) is 4.31 Å². The molecule has 2 aliphatic rings. The molecule has 1 heterocycles. The molecule has 132 valence electrons. The number of hydrogen-bond donors (Lipinski definition) is 1. The summed E-state index contributed by atoms with van der Waals surface area (Å²) < 4.78 is 27.2. The molecule has 1 aliphatic carbocycles. The molecule has 1 aliphatic heterocycles. The topological polar surface area (TPSA) is 77.9 Å². The highest BCUT2D eigenvalue weighted by atomic mass is 32.2. The molecule has 1 aromatic rings. The smallest absolute Gasteiger partial charge is 0.243 e. The van der Waals surface area contributed by atoms with Gasteiger partial charge in [0.05, 0.1) is 17.0 Å². The second-order valence-electron chi connectivity index (χ2n) is 6.65. The maximum atomic E-state index is 12.9. The lowest BCUT2D eigenvalue weighted by Gasteiger charge is -2.34. The number of benzene rings is 1. The minimum absolute atomic E-state index is 0.0354. The number of likely N-dealkylation sites (N-methyl/N-ethyl adjacent to an activating group) is 1. The fraction of sp³-hybridized carbons (Fsp3) is 0.588. The lowest BCUT2D eigenvalue weighted by Crippen LogP contribution is -2.46. The summed E-state index contributed by atoms with van der Waals surface area (Å²) in [4.78, 5) is 13.5. The number of sulfonamides is 1. The largest absolute Gasteiger partial charge is 0.391 e. The molecule has 3 rings (SSSR count). The van der Waals surface area contributed by atoms with Crippen LogP contribution >= 0.6 is 0 Å². The summed E-state index contributed by atoms with van der Waals surface area (Å²) in [6.45, 7) is 2.10. The first-order valence-electron chi connectivity index (χ1n) is 8.39. The zero-order chi connectivity index (χ0) is 17.5. The van der Waals surface area contributed by atoms with Gasteiger partial charge in [0, 0.05) is 26.2 Å². The summed E-state index contributed by atoms with van der Waals surface area (Å²) in [6.07, 6.45) is 3.24. The molecule has 1 N–H and O–H groups in total. The van der Waals surface area contributed by atoms with Crippen molar-refractivity contribution in [2.24, 2.45) is 0 Å². The van der Waals surface area contributed by atoms with Gasteiger partial charge >= 0.3 is 0 Å². The first-order chi connectivity index (χ1) is 11.3. The van der Waals surface area contributed by atoms with Crippen LogP contribution in [0.2, 0.25) is 0 Å². The Kier molecular flexibility index (Phi) is 4.68. The molecule has 1 amide bonds. The van der Waals surface area contributed by atoms with Gasteiger partial charge in [0.2, 0.25) is 15.9 Å². The summed E-state index contributed by atoms with van der Waals surface area (Å²) in [5.41, 5.74) is 1.67. The van der Waals surface area contributed by atoms with Crippen LogP contribution < -0.4 is 4.90 Å². The van der Waals surface area contributed by atoms with Gasteiger partial charge in [0.25, 0.3) is 0 Å². The van der Waals surface area contributed by atoms with Gasteiger partial charge < -0.3 is 10.0 Å². The second kappa shape index (κ2) is 6.46. The van der Waals surface area contributed by atoms with Crippen LogP contribution in [0.25, 0.3) is 0 Å². The first kappa shape index (κ1) is 17.4. The SMILES string of the molecule is CC(=O)N1CCc2cc(S(=O)(=O)N(C)C3CCCCC3O)ccc21. The van der Waals surface area contributed by atoms with Crippen molar-refractivity contribution in [3.63, 3.8) is 0 Å². The maximum Gasteiger partial charge on any atom is 0.243 e. The molecule has 1 saturated carbocycles. The minimum Gasteiger partial charge on any atom is -0.391 e. The summed E-state index contributed by atoms with van der Waals surface area (Å²) >= 11 is 0. The van der Waals surface area contributed by atoms with E-state index < -0.39 is 16.1 Å². The molecule has 0 radical (unpaired) electrons. The van der Waals surface area contributed by atoms with Gasteiger partial charge in [0.1, 0.15) is 0 Å². The van der Waals surface area contributed by atoms with E-state index in [2.05, 4.69) is 0 Å². The molecule has 7 heteroatoms. The van der Waals surface area contributed by atoms with Crippen molar-refractivity contribution < 1.29 is 18.3 Å². The number of nitrogens with zero attached hydrogens (tertiary/aromatic N) is 2. The Hall–Kier alpha value is -1.44. The second-order valence-corrected chi connectivity index (χ2v) is 8.65. The Morgan fingerprint density at radius 1 is 1.29 bits per heavy atom. The number of aliphatic hydroxyl groups excluding tert-OH is 1. The van der Waals surface area contributed by atoms with Gasteiger partial charge in [0.15, 0.2) is 0 Å². The lowest BCUT2D eigenvalue weighted by atomic mass is 9.93. The van der Waals surface area contributed by atoms with Crippen LogP contribution in [-0.2, 0) is 21.2 Å². The number of rotatable bonds is 3. The number of fused-ring (bicyclic) bond motifs is 1. The predicted molar refractivity (Wildman–Crippen MR) is 91.4 cm³/mol. The molecule has 0 spiro atoms. The third-order valence-electron chi connectivity index (χ3n) is 5.16. The van der Waals surface area contributed by atoms with E-state index >= 15 is 0 Å². The Bertz CT molecular complexity index is 747. The van der Waals surface area contributed by atoms with Crippen molar-refractivity contribution in [2.45, 2.75) is 56.1 Å². The van der Waals surface area contributed by atoms with Gasteiger partial charge in [-0.3, -0.25) is 4.79 Å². The molecular formula is C17H24N2O4S. The quantitative estimate of drug-likeness (QED) is 0.895. The fourth-order valence-corrected chi connectivity index (χ4v) is 5.19. The van der Waals surface area contributed by atoms with Gasteiger partial charge in [-0.15, -0.1) is 0 Å². The van der Waals surface area contributed by atoms with E-state index in [-0.39, 0.29) is 16.8 Å². The third-order valence-corrected chi connectivity index (χ3v) is 7.04. The van der Waals surface area contributed by atoms with Gasteiger partial charge in [-0.25, -0.2) is 8.42 Å². The fourth-order valence-electron chi connectivity index (χ4n) is 3.73. The zero-order valence-electron chi connectivity index (χ0n) is 14.1. The summed E-state index contributed by atoms with van der Waals surface area (Å²) in [5.74, 6) is -0.0354. The van der Waals surface area contributed by atoms with Crippen LogP contribution in [0.3, 0.4) is 0 Å². The van der Waals surface area contributed by atoms with Crippen LogP contribution in [0.15, 0.2) is 23.1 Å². The van der Waals surface area contributed by atoms with Crippen molar-refractivity contribution in [3.8, 4) is 0 Å². The van der Waals surface area contributed by atoms with Crippen LogP contribution in [0.5, 0.6) is 0 Å². The molecule has 0 aromatic heterocycles. The number of anilines is 1. The Morgan fingerprint density at radius 3 is 2.67 bits per heavy atom. The molecule has 1 fully saturated rings. The maximum absolute atomic E-state index is 12.9. The highest BCUT2D eigenvalue weighted by Crippen LogP contribution is 2.32. The van der Waals surface area contributed by atoms with E-state index in [1.807, 2.05) is 0 Å². The lowest BCUT2D eigenvalue weighted by molar-refractivity contribution is -0.116. The zero-order valence-corrected chi connectivity index (χ0v) is 14.9. The van der Waals surface area contributed by atoms with E-state index in [0.717, 1.165) is 24.1 Å². The standard InChI is InChI=1S/C17H24N2O4S/c1-12(20)19-10-9-13-11-14(7-8-15(13)19)24(22,23)18(2)16-5-3-4-6-17(16)21/h7-8,11,16-17,21H,3-6,9-10H2,1-2H3.